The molecule has 19 heavy (non-hydrogen) atoms. The first-order valence-electron chi connectivity index (χ1n) is 5.60. The quantitative estimate of drug-likeness (QED) is 0.735. The van der Waals surface area contributed by atoms with E-state index in [0.717, 1.165) is 15.8 Å². The Hall–Kier alpha value is -2.02. The topological polar surface area (TPSA) is 35.6 Å². The lowest BCUT2D eigenvalue weighted by Crippen LogP contribution is -2.09. The van der Waals surface area contributed by atoms with E-state index in [1.54, 1.807) is 22.2 Å². The van der Waals surface area contributed by atoms with Crippen LogP contribution in [0.3, 0.4) is 0 Å². The number of imidazole rings is 1. The number of aromatic nitrogens is 4. The Balaban J connectivity index is 1.82. The molecular weight excluding hydrogens is 270 g/mol. The van der Waals surface area contributed by atoms with Gasteiger partial charge in [0.2, 0.25) is 0 Å². The third-order valence-corrected chi connectivity index (χ3v) is 3.40. The highest BCUT2D eigenvalue weighted by atomic mass is 32.1. The van der Waals surface area contributed by atoms with Crippen molar-refractivity contribution in [1.82, 2.24) is 19.3 Å². The summed E-state index contributed by atoms with van der Waals surface area (Å²) in [6.07, 6.45) is 4.39. The number of rotatable bonds is 4. The van der Waals surface area contributed by atoms with Crippen LogP contribution >= 0.6 is 11.3 Å². The second kappa shape index (κ2) is 4.93. The Morgan fingerprint density at radius 1 is 1.26 bits per heavy atom. The van der Waals surface area contributed by atoms with Gasteiger partial charge in [-0.05, 0) is 17.5 Å². The predicted molar refractivity (Wildman–Crippen MR) is 68.1 cm³/mol. The van der Waals surface area contributed by atoms with Gasteiger partial charge in [-0.1, -0.05) is 0 Å². The van der Waals surface area contributed by atoms with Crippen molar-refractivity contribution in [3.8, 4) is 11.3 Å². The Morgan fingerprint density at radius 3 is 2.89 bits per heavy atom. The fraction of sp³-hybridized carbons (Fsp3) is 0.167. The van der Waals surface area contributed by atoms with Gasteiger partial charge in [0.25, 0.3) is 0 Å². The van der Waals surface area contributed by atoms with Crippen molar-refractivity contribution in [1.29, 1.82) is 0 Å². The highest BCUT2D eigenvalue weighted by Crippen LogP contribution is 2.20. The van der Waals surface area contributed by atoms with Crippen LogP contribution in [-0.2, 0) is 6.54 Å². The molecule has 0 spiro atoms. The number of thiophene rings is 1. The first-order valence-corrected chi connectivity index (χ1v) is 6.54. The summed E-state index contributed by atoms with van der Waals surface area (Å²) in [7, 11) is 0. The number of alkyl halides is 2. The summed E-state index contributed by atoms with van der Waals surface area (Å²) < 4.78 is 27.8. The van der Waals surface area contributed by atoms with Gasteiger partial charge < -0.3 is 0 Å². The van der Waals surface area contributed by atoms with Crippen LogP contribution in [0.2, 0.25) is 0 Å². The number of halogens is 2. The molecule has 0 saturated carbocycles. The average Bonchev–Trinajstić information content (AvgIpc) is 3.09. The van der Waals surface area contributed by atoms with Crippen LogP contribution in [0.15, 0.2) is 41.5 Å². The SMILES string of the molecule is FC(F)n1ccnc1Cn1ccc(-c2ccsc2)n1. The highest BCUT2D eigenvalue weighted by molar-refractivity contribution is 7.08. The van der Waals surface area contributed by atoms with Gasteiger partial charge in [0.15, 0.2) is 0 Å². The molecule has 0 aliphatic heterocycles. The van der Waals surface area contributed by atoms with Gasteiger partial charge in [-0.15, -0.1) is 0 Å². The van der Waals surface area contributed by atoms with Gasteiger partial charge in [0.1, 0.15) is 5.82 Å². The number of hydrogen-bond donors (Lipinski definition) is 0. The van der Waals surface area contributed by atoms with Crippen molar-refractivity contribution in [2.24, 2.45) is 0 Å². The first kappa shape index (κ1) is 12.0. The van der Waals surface area contributed by atoms with E-state index in [1.165, 1.54) is 12.4 Å². The molecule has 0 aliphatic carbocycles. The van der Waals surface area contributed by atoms with E-state index < -0.39 is 6.55 Å². The maximum atomic E-state index is 12.7. The fourth-order valence-corrected chi connectivity index (χ4v) is 2.45. The molecule has 3 rings (SSSR count). The van der Waals surface area contributed by atoms with Crippen LogP contribution in [-0.4, -0.2) is 19.3 Å². The van der Waals surface area contributed by atoms with Crippen LogP contribution in [0, 0.1) is 0 Å². The van der Waals surface area contributed by atoms with Crippen LogP contribution in [0.5, 0.6) is 0 Å². The summed E-state index contributed by atoms with van der Waals surface area (Å²) in [5.41, 5.74) is 1.86. The minimum absolute atomic E-state index is 0.224. The summed E-state index contributed by atoms with van der Waals surface area (Å²) in [4.78, 5) is 3.93. The number of nitrogens with zero attached hydrogens (tertiary/aromatic N) is 4. The lowest BCUT2D eigenvalue weighted by Gasteiger charge is -2.06. The molecule has 0 saturated heterocycles. The molecule has 0 radical (unpaired) electrons. The summed E-state index contributed by atoms with van der Waals surface area (Å²) in [6, 6.07) is 3.83. The summed E-state index contributed by atoms with van der Waals surface area (Å²) in [6.45, 7) is -2.36. The van der Waals surface area contributed by atoms with Gasteiger partial charge >= 0.3 is 6.55 Å². The first-order chi connectivity index (χ1) is 9.24. The van der Waals surface area contributed by atoms with Gasteiger partial charge in [0.05, 0.1) is 12.2 Å². The van der Waals surface area contributed by atoms with E-state index in [4.69, 9.17) is 0 Å². The normalized spacial score (nSPS) is 11.3. The smallest absolute Gasteiger partial charge is 0.276 e. The molecule has 0 fully saturated rings. The molecule has 3 heterocycles. The summed E-state index contributed by atoms with van der Waals surface area (Å²) in [5.74, 6) is 0.287. The largest absolute Gasteiger partial charge is 0.319 e. The average molecular weight is 280 g/mol. The van der Waals surface area contributed by atoms with Gasteiger partial charge in [-0.3, -0.25) is 9.25 Å². The molecule has 0 unspecified atom stereocenters. The molecular formula is C12H10F2N4S. The van der Waals surface area contributed by atoms with Crippen molar-refractivity contribution in [2.75, 3.05) is 0 Å². The van der Waals surface area contributed by atoms with E-state index in [2.05, 4.69) is 10.1 Å². The monoisotopic (exact) mass is 280 g/mol. The van der Waals surface area contributed by atoms with Crippen LogP contribution in [0.1, 0.15) is 12.4 Å². The summed E-state index contributed by atoms with van der Waals surface area (Å²) >= 11 is 1.59. The molecule has 3 aromatic rings. The van der Waals surface area contributed by atoms with E-state index in [9.17, 15) is 8.78 Å². The number of hydrogen-bond acceptors (Lipinski definition) is 3. The molecule has 7 heteroatoms. The minimum Gasteiger partial charge on any atom is -0.276 e. The molecule has 98 valence electrons. The van der Waals surface area contributed by atoms with E-state index in [1.807, 2.05) is 22.9 Å². The van der Waals surface area contributed by atoms with Gasteiger partial charge in [-0.25, -0.2) is 4.98 Å². The third kappa shape index (κ3) is 2.41. The Kier molecular flexibility index (Phi) is 3.12. The standard InChI is InChI=1S/C12H10F2N4S/c13-12(14)18-5-3-15-11(18)7-17-4-1-10(16-17)9-2-6-19-8-9/h1-6,8,12H,7H2. The maximum absolute atomic E-state index is 12.7. The molecule has 0 amide bonds. The molecule has 4 nitrogen and oxygen atoms in total. The zero-order valence-electron chi connectivity index (χ0n) is 9.78. The molecule has 0 atom stereocenters. The van der Waals surface area contributed by atoms with Crippen molar-refractivity contribution in [3.05, 3.63) is 47.3 Å². The lowest BCUT2D eigenvalue weighted by molar-refractivity contribution is 0.0666. The Morgan fingerprint density at radius 2 is 2.16 bits per heavy atom. The zero-order chi connectivity index (χ0) is 13.2. The second-order valence-corrected chi connectivity index (χ2v) is 4.72. The minimum atomic E-state index is -2.58. The summed E-state index contributed by atoms with van der Waals surface area (Å²) in [5, 5.41) is 8.32. The van der Waals surface area contributed by atoms with Crippen LogP contribution in [0.4, 0.5) is 8.78 Å². The molecule has 0 bridgehead atoms. The van der Waals surface area contributed by atoms with E-state index in [-0.39, 0.29) is 12.4 Å². The van der Waals surface area contributed by atoms with Gasteiger partial charge in [0, 0.05) is 29.5 Å². The van der Waals surface area contributed by atoms with Crippen molar-refractivity contribution >= 4 is 11.3 Å². The Bertz CT molecular complexity index is 657. The predicted octanol–water partition coefficient (Wildman–Crippen LogP) is 3.25. The molecule has 3 aromatic heterocycles. The van der Waals surface area contributed by atoms with Crippen LogP contribution in [0.25, 0.3) is 11.3 Å². The third-order valence-electron chi connectivity index (χ3n) is 2.72. The van der Waals surface area contributed by atoms with Crippen molar-refractivity contribution < 1.29 is 8.78 Å². The highest BCUT2D eigenvalue weighted by Gasteiger charge is 2.12. The fourth-order valence-electron chi connectivity index (χ4n) is 1.80. The maximum Gasteiger partial charge on any atom is 0.319 e. The molecule has 0 aliphatic rings. The zero-order valence-corrected chi connectivity index (χ0v) is 10.6. The lowest BCUT2D eigenvalue weighted by atomic mass is 10.2. The molecule has 0 N–H and O–H groups in total. The van der Waals surface area contributed by atoms with E-state index in [0.29, 0.717) is 0 Å². The van der Waals surface area contributed by atoms with Crippen LogP contribution < -0.4 is 0 Å². The Labute approximate surface area is 111 Å². The van der Waals surface area contributed by atoms with Crippen molar-refractivity contribution in [2.45, 2.75) is 13.1 Å². The van der Waals surface area contributed by atoms with E-state index >= 15 is 0 Å². The van der Waals surface area contributed by atoms with Crippen molar-refractivity contribution in [3.63, 3.8) is 0 Å². The second-order valence-electron chi connectivity index (χ2n) is 3.94. The molecule has 0 aromatic carbocycles. The van der Waals surface area contributed by atoms with Gasteiger partial charge in [-0.2, -0.15) is 25.2 Å².